The zero-order valence-electron chi connectivity index (χ0n) is 32.0. The minimum absolute atomic E-state index is 0.0350. The number of benzene rings is 2. The summed E-state index contributed by atoms with van der Waals surface area (Å²) in [4.78, 5) is 68.6. The molecule has 4 aromatic rings. The Morgan fingerprint density at radius 2 is 1.70 bits per heavy atom. The molecule has 0 spiro atoms. The number of imide groups is 1. The van der Waals surface area contributed by atoms with Gasteiger partial charge in [0, 0.05) is 99.4 Å². The average Bonchev–Trinajstić information content (AvgIpc) is 3.81. The molecular weight excluding hydrogens is 716 g/mol. The van der Waals surface area contributed by atoms with Gasteiger partial charge in [0.2, 0.25) is 17.7 Å². The smallest absolute Gasteiger partial charge is 0.255 e. The van der Waals surface area contributed by atoms with Crippen LogP contribution in [0.5, 0.6) is 5.75 Å². The third-order valence-corrected chi connectivity index (χ3v) is 12.7. The van der Waals surface area contributed by atoms with Crippen molar-refractivity contribution in [1.82, 2.24) is 25.1 Å². The SMILES string of the molecule is COc1cc(N2CCC(CN3CCN(c4ccc5c(c4)CN([C@H]4CCC(=O)NC4=O)C5=O)CC3)CC2)c(F)cc1[C@@H]1N(c2ccnc3[nH]ccc23)C(=O)C1(C)C. The third kappa shape index (κ3) is 6.05. The Hall–Kier alpha value is -5.50. The van der Waals surface area contributed by atoms with E-state index in [2.05, 4.69) is 36.1 Å². The Bertz CT molecular complexity index is 2240. The highest BCUT2D eigenvalue weighted by Gasteiger charge is 2.57. The van der Waals surface area contributed by atoms with Gasteiger partial charge in [-0.05, 0) is 81.0 Å². The second-order valence-electron chi connectivity index (χ2n) is 16.4. The lowest BCUT2D eigenvalue weighted by molar-refractivity contribution is -0.138. The van der Waals surface area contributed by atoms with Gasteiger partial charge in [0.25, 0.3) is 5.91 Å². The summed E-state index contributed by atoms with van der Waals surface area (Å²) >= 11 is 0. The number of aromatic amines is 1. The maximum Gasteiger partial charge on any atom is 0.255 e. The first-order chi connectivity index (χ1) is 27.0. The summed E-state index contributed by atoms with van der Waals surface area (Å²) in [5.74, 6) is -0.114. The Morgan fingerprint density at radius 1 is 0.911 bits per heavy atom. The van der Waals surface area contributed by atoms with Gasteiger partial charge >= 0.3 is 0 Å². The van der Waals surface area contributed by atoms with Gasteiger partial charge in [-0.15, -0.1) is 0 Å². The van der Waals surface area contributed by atoms with Crippen LogP contribution in [0.3, 0.4) is 0 Å². The topological polar surface area (TPSA) is 134 Å². The zero-order chi connectivity index (χ0) is 38.9. The third-order valence-electron chi connectivity index (χ3n) is 12.7. The number of pyridine rings is 1. The predicted octanol–water partition coefficient (Wildman–Crippen LogP) is 4.62. The van der Waals surface area contributed by atoms with Crippen molar-refractivity contribution in [2.45, 2.75) is 58.2 Å². The predicted molar refractivity (Wildman–Crippen MR) is 209 cm³/mol. The van der Waals surface area contributed by atoms with Gasteiger partial charge in [-0.2, -0.15) is 0 Å². The Kier molecular flexibility index (Phi) is 8.98. The van der Waals surface area contributed by atoms with Gasteiger partial charge in [-0.3, -0.25) is 29.4 Å². The highest BCUT2D eigenvalue weighted by molar-refractivity contribution is 6.10. The molecule has 292 valence electrons. The number of halogens is 1. The number of piperidine rings is 2. The monoisotopic (exact) mass is 762 g/mol. The first-order valence-electron chi connectivity index (χ1n) is 19.6. The molecule has 9 rings (SSSR count). The van der Waals surface area contributed by atoms with E-state index < -0.39 is 23.4 Å². The van der Waals surface area contributed by atoms with Crippen molar-refractivity contribution in [3.05, 3.63) is 77.4 Å². The summed E-state index contributed by atoms with van der Waals surface area (Å²) in [6.07, 6.45) is 5.98. The average molecular weight is 763 g/mol. The molecule has 5 aliphatic rings. The molecule has 4 saturated heterocycles. The number of aromatic nitrogens is 2. The van der Waals surface area contributed by atoms with E-state index in [0.29, 0.717) is 47.1 Å². The summed E-state index contributed by atoms with van der Waals surface area (Å²) in [5, 5.41) is 3.20. The molecule has 0 aliphatic carbocycles. The molecular formula is C42H47FN8O5. The minimum Gasteiger partial charge on any atom is -0.496 e. The molecule has 5 aliphatic heterocycles. The van der Waals surface area contributed by atoms with Crippen LogP contribution in [0.25, 0.3) is 11.0 Å². The molecule has 4 amide bonds. The molecule has 4 fully saturated rings. The summed E-state index contributed by atoms with van der Waals surface area (Å²) in [6, 6.07) is 12.0. The first kappa shape index (κ1) is 36.2. The number of rotatable bonds is 8. The lowest BCUT2D eigenvalue weighted by Crippen LogP contribution is -2.61. The van der Waals surface area contributed by atoms with Crippen LogP contribution in [0.15, 0.2) is 54.9 Å². The molecule has 0 unspecified atom stereocenters. The number of anilines is 3. The Balaban J connectivity index is 0.808. The standard InChI is InChI=1S/C42H47FN8O5/c1-42(2)37(51(41(42)55)32-9-13-45-38-29(32)8-12-44-38)30-21-31(43)34(22-35(30)56-3)49-14-10-25(11-15-49)23-47-16-18-48(19-17-47)27-4-5-28-26(20-27)24-50(40(28)54)33-6-7-36(52)46-39(33)53/h4-5,8-9,12-13,20-22,25,33,37H,6-7,10-11,14-19,23-24H2,1-3H3,(H,44,45)(H,46,52,53)/t33-,37-/m0/s1. The molecule has 2 aromatic heterocycles. The van der Waals surface area contributed by atoms with E-state index in [4.69, 9.17) is 4.74 Å². The number of piperazine rings is 1. The largest absolute Gasteiger partial charge is 0.496 e. The van der Waals surface area contributed by atoms with Crippen molar-refractivity contribution in [3.8, 4) is 5.75 Å². The van der Waals surface area contributed by atoms with Gasteiger partial charge < -0.3 is 29.3 Å². The number of fused-ring (bicyclic) bond motifs is 2. The van der Waals surface area contributed by atoms with Crippen LogP contribution in [0.2, 0.25) is 0 Å². The van der Waals surface area contributed by atoms with E-state index in [1.165, 1.54) is 0 Å². The number of carbonyl (C=O) groups excluding carboxylic acids is 4. The van der Waals surface area contributed by atoms with Crippen molar-refractivity contribution in [3.63, 3.8) is 0 Å². The Labute approximate surface area is 324 Å². The highest BCUT2D eigenvalue weighted by Crippen LogP contribution is 2.55. The zero-order valence-corrected chi connectivity index (χ0v) is 32.0. The van der Waals surface area contributed by atoms with Crippen molar-refractivity contribution < 1.29 is 28.3 Å². The van der Waals surface area contributed by atoms with Gasteiger partial charge in [-0.25, -0.2) is 9.37 Å². The second kappa shape index (κ2) is 13.9. The molecule has 0 bridgehead atoms. The summed E-state index contributed by atoms with van der Waals surface area (Å²) in [7, 11) is 1.60. The second-order valence-corrected chi connectivity index (χ2v) is 16.4. The van der Waals surface area contributed by atoms with E-state index in [9.17, 15) is 19.2 Å². The van der Waals surface area contributed by atoms with E-state index in [1.54, 1.807) is 41.4 Å². The number of nitrogens with zero attached hydrogens (tertiary/aromatic N) is 6. The first-order valence-corrected chi connectivity index (χ1v) is 19.6. The number of hydrogen-bond donors (Lipinski definition) is 2. The van der Waals surface area contributed by atoms with Gasteiger partial charge in [-0.1, -0.05) is 0 Å². The molecule has 56 heavy (non-hydrogen) atoms. The van der Waals surface area contributed by atoms with Crippen molar-refractivity contribution in [2.75, 3.05) is 67.6 Å². The van der Waals surface area contributed by atoms with Crippen LogP contribution in [-0.4, -0.2) is 102 Å². The van der Waals surface area contributed by atoms with Crippen LogP contribution in [0.4, 0.5) is 21.5 Å². The number of β-lactam (4-membered cyclic amide) rings is 1. The summed E-state index contributed by atoms with van der Waals surface area (Å²) in [5.41, 5.74) is 4.48. The maximum absolute atomic E-state index is 16.2. The van der Waals surface area contributed by atoms with Crippen molar-refractivity contribution in [1.29, 1.82) is 0 Å². The van der Waals surface area contributed by atoms with Crippen LogP contribution in [0.1, 0.15) is 67.1 Å². The fraction of sp³-hybridized carbons (Fsp3) is 0.452. The van der Waals surface area contributed by atoms with E-state index in [0.717, 1.165) is 81.0 Å². The number of amides is 4. The van der Waals surface area contributed by atoms with Crippen molar-refractivity contribution >= 4 is 51.7 Å². The summed E-state index contributed by atoms with van der Waals surface area (Å²) < 4.78 is 22.0. The lowest BCUT2D eigenvalue weighted by Gasteiger charge is -2.53. The number of ether oxygens (including phenoxy) is 1. The number of nitrogens with one attached hydrogen (secondary N) is 2. The molecule has 0 saturated carbocycles. The van der Waals surface area contributed by atoms with Crippen LogP contribution >= 0.6 is 0 Å². The number of hydrogen-bond acceptors (Lipinski definition) is 9. The molecule has 0 radical (unpaired) electrons. The fourth-order valence-corrected chi connectivity index (χ4v) is 9.59. The van der Waals surface area contributed by atoms with Gasteiger partial charge in [0.15, 0.2) is 0 Å². The van der Waals surface area contributed by atoms with Gasteiger partial charge in [0.05, 0.1) is 29.9 Å². The molecule has 7 heterocycles. The number of carbonyl (C=O) groups is 4. The molecule has 2 N–H and O–H groups in total. The van der Waals surface area contributed by atoms with Gasteiger partial charge in [0.1, 0.15) is 23.3 Å². The quantitative estimate of drug-likeness (QED) is 0.195. The Morgan fingerprint density at radius 3 is 2.45 bits per heavy atom. The van der Waals surface area contributed by atoms with Crippen LogP contribution < -0.4 is 24.8 Å². The fourth-order valence-electron chi connectivity index (χ4n) is 9.59. The lowest BCUT2D eigenvalue weighted by atomic mass is 9.70. The van der Waals surface area contributed by atoms with E-state index in [1.807, 2.05) is 38.1 Å². The highest BCUT2D eigenvalue weighted by atomic mass is 19.1. The van der Waals surface area contributed by atoms with Crippen LogP contribution in [0, 0.1) is 17.2 Å². The summed E-state index contributed by atoms with van der Waals surface area (Å²) in [6.45, 7) is 10.3. The van der Waals surface area contributed by atoms with E-state index >= 15 is 4.39 Å². The number of H-pyrrole nitrogens is 1. The molecule has 2 aromatic carbocycles. The normalized spacial score (nSPS) is 23.1. The maximum atomic E-state index is 16.2. The van der Waals surface area contributed by atoms with E-state index in [-0.39, 0.29) is 30.0 Å². The molecule has 2 atom stereocenters. The van der Waals surface area contributed by atoms with Crippen LogP contribution in [-0.2, 0) is 20.9 Å². The number of methoxy groups -OCH3 is 1. The molecule has 14 heteroatoms. The van der Waals surface area contributed by atoms with Crippen molar-refractivity contribution in [2.24, 2.45) is 11.3 Å². The minimum atomic E-state index is -0.750. The molecule has 13 nitrogen and oxygen atoms in total.